The van der Waals surface area contributed by atoms with Gasteiger partial charge in [0.25, 0.3) is 0 Å². The Hall–Kier alpha value is -3.14. The second-order valence-corrected chi connectivity index (χ2v) is 6.98. The molecule has 0 saturated carbocycles. The van der Waals surface area contributed by atoms with Crippen molar-refractivity contribution >= 4 is 17.3 Å². The number of allylic oxidation sites excluding steroid dienone is 3. The topological polar surface area (TPSA) is 66.4 Å². The van der Waals surface area contributed by atoms with Crippen LogP contribution in [0.1, 0.15) is 46.7 Å². The number of carbonyl (C=O) groups excluding carboxylic acids is 2. The van der Waals surface area contributed by atoms with Gasteiger partial charge in [-0.15, -0.1) is 0 Å². The third kappa shape index (κ3) is 2.02. The van der Waals surface area contributed by atoms with Crippen LogP contribution in [0.4, 0.5) is 0 Å². The van der Waals surface area contributed by atoms with Crippen molar-refractivity contribution in [3.8, 4) is 5.75 Å². The minimum absolute atomic E-state index is 0.0221. The predicted octanol–water partition coefficient (Wildman–Crippen LogP) is 3.69. The molecule has 0 saturated heterocycles. The van der Waals surface area contributed by atoms with E-state index in [1.165, 1.54) is 0 Å². The Morgan fingerprint density at radius 1 is 0.885 bits per heavy atom. The summed E-state index contributed by atoms with van der Waals surface area (Å²) in [5.74, 6) is -0.130. The molecule has 4 heteroatoms. The highest BCUT2D eigenvalue weighted by Gasteiger charge is 2.43. The van der Waals surface area contributed by atoms with E-state index in [9.17, 15) is 14.7 Å². The zero-order valence-electron chi connectivity index (χ0n) is 14.1. The first-order chi connectivity index (χ1) is 12.6. The van der Waals surface area contributed by atoms with E-state index in [0.717, 1.165) is 35.4 Å². The SMILES string of the molecule is O=C1CCCC2=C1C(c1ccc(O)cc1)C1=C(N2)c2ccccc2C1=O. The predicted molar refractivity (Wildman–Crippen MR) is 97.6 cm³/mol. The summed E-state index contributed by atoms with van der Waals surface area (Å²) < 4.78 is 0. The lowest BCUT2D eigenvalue weighted by Crippen LogP contribution is -2.31. The molecule has 0 bridgehead atoms. The number of ketones is 2. The number of carbonyl (C=O) groups is 2. The van der Waals surface area contributed by atoms with Crippen molar-refractivity contribution in [2.75, 3.05) is 0 Å². The molecule has 1 atom stereocenters. The van der Waals surface area contributed by atoms with Crippen LogP contribution < -0.4 is 5.32 Å². The second kappa shape index (κ2) is 5.43. The van der Waals surface area contributed by atoms with Crippen LogP contribution in [0, 0.1) is 0 Å². The molecule has 2 aromatic carbocycles. The van der Waals surface area contributed by atoms with Gasteiger partial charge in [-0.25, -0.2) is 0 Å². The van der Waals surface area contributed by atoms with Crippen LogP contribution in [0.15, 0.2) is 65.4 Å². The third-order valence-electron chi connectivity index (χ3n) is 5.49. The molecule has 26 heavy (non-hydrogen) atoms. The normalized spacial score (nSPS) is 21.3. The maximum Gasteiger partial charge on any atom is 0.192 e. The standard InChI is InChI=1S/C22H17NO3/c24-13-10-8-12(9-11-13)18-19-16(6-3-7-17(19)25)23-21-14-4-1-2-5-15(14)22(26)20(18)21/h1-2,4-5,8-11,18,23-24H,3,6-7H2. The van der Waals surface area contributed by atoms with Crippen molar-refractivity contribution in [3.63, 3.8) is 0 Å². The summed E-state index contributed by atoms with van der Waals surface area (Å²) in [5, 5.41) is 13.1. The molecule has 3 aliphatic rings. The molecule has 0 radical (unpaired) electrons. The summed E-state index contributed by atoms with van der Waals surface area (Å²) in [6, 6.07) is 14.4. The molecule has 1 heterocycles. The summed E-state index contributed by atoms with van der Waals surface area (Å²) in [7, 11) is 0. The lowest BCUT2D eigenvalue weighted by Gasteiger charge is -2.33. The molecule has 0 aromatic heterocycles. The molecule has 1 unspecified atom stereocenters. The number of nitrogens with one attached hydrogen (secondary N) is 1. The molecule has 1 aliphatic heterocycles. The maximum absolute atomic E-state index is 13.2. The van der Waals surface area contributed by atoms with E-state index in [1.807, 2.05) is 24.3 Å². The van der Waals surface area contributed by atoms with Gasteiger partial charge in [-0.2, -0.15) is 0 Å². The molecule has 5 rings (SSSR count). The number of hydrogen-bond acceptors (Lipinski definition) is 4. The number of rotatable bonds is 1. The lowest BCUT2D eigenvalue weighted by atomic mass is 9.75. The van der Waals surface area contributed by atoms with Crippen molar-refractivity contribution in [3.05, 3.63) is 82.1 Å². The molecule has 2 N–H and O–H groups in total. The third-order valence-corrected chi connectivity index (χ3v) is 5.49. The largest absolute Gasteiger partial charge is 0.508 e. The minimum atomic E-state index is -0.380. The summed E-state index contributed by atoms with van der Waals surface area (Å²) in [5.41, 5.74) is 5.56. The Morgan fingerprint density at radius 3 is 2.38 bits per heavy atom. The lowest BCUT2D eigenvalue weighted by molar-refractivity contribution is -0.116. The fourth-order valence-corrected chi connectivity index (χ4v) is 4.34. The zero-order chi connectivity index (χ0) is 17.8. The van der Waals surface area contributed by atoms with Crippen LogP contribution in [-0.2, 0) is 4.79 Å². The quantitative estimate of drug-likeness (QED) is 0.829. The molecular formula is C22H17NO3. The van der Waals surface area contributed by atoms with Crippen LogP contribution in [-0.4, -0.2) is 16.7 Å². The van der Waals surface area contributed by atoms with Gasteiger partial charge in [0.05, 0.1) is 5.70 Å². The average molecular weight is 343 g/mol. The highest BCUT2D eigenvalue weighted by atomic mass is 16.3. The number of phenolic OH excluding ortho intramolecular Hbond substituents is 1. The minimum Gasteiger partial charge on any atom is -0.508 e. The van der Waals surface area contributed by atoms with Gasteiger partial charge < -0.3 is 10.4 Å². The molecule has 0 fully saturated rings. The Morgan fingerprint density at radius 2 is 1.62 bits per heavy atom. The van der Waals surface area contributed by atoms with Crippen molar-refractivity contribution < 1.29 is 14.7 Å². The number of Topliss-reactive ketones (excluding diaryl/α,β-unsaturated/α-hetero) is 2. The van der Waals surface area contributed by atoms with Gasteiger partial charge in [-0.05, 0) is 30.5 Å². The molecule has 2 aliphatic carbocycles. The van der Waals surface area contributed by atoms with E-state index in [-0.39, 0.29) is 23.2 Å². The summed E-state index contributed by atoms with van der Waals surface area (Å²) in [4.78, 5) is 25.9. The van der Waals surface area contributed by atoms with Gasteiger partial charge in [0.1, 0.15) is 5.75 Å². The van der Waals surface area contributed by atoms with E-state index >= 15 is 0 Å². The summed E-state index contributed by atoms with van der Waals surface area (Å²) in [6.07, 6.45) is 2.15. The van der Waals surface area contributed by atoms with E-state index < -0.39 is 0 Å². The van der Waals surface area contributed by atoms with Gasteiger partial charge in [-0.3, -0.25) is 9.59 Å². The van der Waals surface area contributed by atoms with Crippen LogP contribution in [0.5, 0.6) is 5.75 Å². The van der Waals surface area contributed by atoms with Gasteiger partial charge in [0.15, 0.2) is 11.6 Å². The Labute approximate surface area is 150 Å². The first-order valence-corrected chi connectivity index (χ1v) is 8.85. The van der Waals surface area contributed by atoms with Crippen LogP contribution in [0.25, 0.3) is 5.70 Å². The summed E-state index contributed by atoms with van der Waals surface area (Å²) in [6.45, 7) is 0. The Bertz CT molecular complexity index is 1030. The number of fused-ring (bicyclic) bond motifs is 2. The molecule has 128 valence electrons. The van der Waals surface area contributed by atoms with Crippen molar-refractivity contribution in [1.29, 1.82) is 0 Å². The van der Waals surface area contributed by atoms with Crippen LogP contribution >= 0.6 is 0 Å². The highest BCUT2D eigenvalue weighted by molar-refractivity contribution is 6.23. The molecule has 2 aromatic rings. The average Bonchev–Trinajstić information content (AvgIpc) is 2.94. The number of dihydropyridines is 1. The highest BCUT2D eigenvalue weighted by Crippen LogP contribution is 2.48. The van der Waals surface area contributed by atoms with Gasteiger partial charge in [0, 0.05) is 40.3 Å². The van der Waals surface area contributed by atoms with E-state index in [0.29, 0.717) is 23.1 Å². The Balaban J connectivity index is 1.75. The first kappa shape index (κ1) is 15.1. The fraction of sp³-hybridized carbons (Fsp3) is 0.182. The van der Waals surface area contributed by atoms with Crippen molar-refractivity contribution in [1.82, 2.24) is 5.32 Å². The zero-order valence-corrected chi connectivity index (χ0v) is 14.1. The molecular weight excluding hydrogens is 326 g/mol. The van der Waals surface area contributed by atoms with Crippen molar-refractivity contribution in [2.45, 2.75) is 25.2 Å². The van der Waals surface area contributed by atoms with E-state index in [4.69, 9.17) is 0 Å². The number of benzene rings is 2. The number of aromatic hydroxyl groups is 1. The van der Waals surface area contributed by atoms with Gasteiger partial charge in [0.2, 0.25) is 0 Å². The van der Waals surface area contributed by atoms with E-state index in [2.05, 4.69) is 5.32 Å². The smallest absolute Gasteiger partial charge is 0.192 e. The Kier molecular flexibility index (Phi) is 3.16. The van der Waals surface area contributed by atoms with Crippen molar-refractivity contribution in [2.24, 2.45) is 0 Å². The fourth-order valence-electron chi connectivity index (χ4n) is 4.34. The summed E-state index contributed by atoms with van der Waals surface area (Å²) >= 11 is 0. The van der Waals surface area contributed by atoms with Gasteiger partial charge in [-0.1, -0.05) is 36.4 Å². The second-order valence-electron chi connectivity index (χ2n) is 6.98. The molecule has 0 amide bonds. The maximum atomic E-state index is 13.2. The van der Waals surface area contributed by atoms with E-state index in [1.54, 1.807) is 24.3 Å². The molecule has 4 nitrogen and oxygen atoms in total. The number of phenols is 1. The van der Waals surface area contributed by atoms with Crippen LogP contribution in [0.3, 0.4) is 0 Å². The first-order valence-electron chi connectivity index (χ1n) is 8.85. The number of hydrogen-bond donors (Lipinski definition) is 2. The van der Waals surface area contributed by atoms with Gasteiger partial charge >= 0.3 is 0 Å². The molecule has 0 spiro atoms. The monoisotopic (exact) mass is 343 g/mol. The van der Waals surface area contributed by atoms with Crippen LogP contribution in [0.2, 0.25) is 0 Å².